The Morgan fingerprint density at radius 2 is 1.77 bits per heavy atom. The van der Waals surface area contributed by atoms with Gasteiger partial charge < -0.3 is 0 Å². The minimum absolute atomic E-state index is 0.109. The van der Waals surface area contributed by atoms with E-state index in [1.807, 2.05) is 18.2 Å². The van der Waals surface area contributed by atoms with Crippen LogP contribution in [-0.2, 0) is 16.4 Å². The lowest BCUT2D eigenvalue weighted by Crippen LogP contribution is -2.31. The maximum absolute atomic E-state index is 12.8. The summed E-state index contributed by atoms with van der Waals surface area (Å²) in [6, 6.07) is 14.0. The molecule has 31 heavy (non-hydrogen) atoms. The fourth-order valence-electron chi connectivity index (χ4n) is 3.47. The molecule has 6 nitrogen and oxygen atoms in total. The largest absolute Gasteiger partial charge is 0.298 e. The number of nitrogens with zero attached hydrogens (tertiary/aromatic N) is 2. The van der Waals surface area contributed by atoms with Crippen molar-refractivity contribution in [1.29, 1.82) is 0 Å². The second-order valence-corrected chi connectivity index (χ2v) is 10.0. The van der Waals surface area contributed by atoms with E-state index in [2.05, 4.69) is 29.5 Å². The molecule has 1 aliphatic rings. The van der Waals surface area contributed by atoms with E-state index in [9.17, 15) is 13.2 Å². The summed E-state index contributed by atoms with van der Waals surface area (Å²) in [5.74, 6) is -0.335. The van der Waals surface area contributed by atoms with E-state index in [0.717, 1.165) is 22.6 Å². The molecule has 1 amide bonds. The zero-order valence-electron chi connectivity index (χ0n) is 16.7. The number of sulfonamides is 1. The highest BCUT2D eigenvalue weighted by atomic mass is 32.2. The molecule has 158 valence electrons. The minimum Gasteiger partial charge on any atom is -0.298 e. The Balaban J connectivity index is 1.50. The summed E-state index contributed by atoms with van der Waals surface area (Å²) in [6.07, 6.45) is 3.86. The summed E-state index contributed by atoms with van der Waals surface area (Å²) >= 11 is 1.46. The van der Waals surface area contributed by atoms with Gasteiger partial charge in [-0.05, 0) is 29.8 Å². The molecule has 0 saturated carbocycles. The highest BCUT2D eigenvalue weighted by Crippen LogP contribution is 2.40. The Bertz CT molecular complexity index is 1250. The average Bonchev–Trinajstić information content (AvgIpc) is 3.31. The molecule has 0 spiro atoms. The van der Waals surface area contributed by atoms with Gasteiger partial charge >= 0.3 is 0 Å². The lowest BCUT2D eigenvalue weighted by molar-refractivity contribution is 0.102. The molecule has 4 rings (SSSR count). The first-order chi connectivity index (χ1) is 14.9. The second-order valence-electron chi connectivity index (χ2n) is 7.00. The van der Waals surface area contributed by atoms with Crippen molar-refractivity contribution in [2.75, 3.05) is 18.4 Å². The van der Waals surface area contributed by atoms with Crippen molar-refractivity contribution in [1.82, 2.24) is 9.29 Å². The summed E-state index contributed by atoms with van der Waals surface area (Å²) < 4.78 is 26.8. The molecule has 1 aromatic heterocycles. The van der Waals surface area contributed by atoms with Crippen LogP contribution in [0, 0.1) is 0 Å². The minimum atomic E-state index is -3.70. The van der Waals surface area contributed by atoms with Crippen molar-refractivity contribution in [2.45, 2.75) is 11.3 Å². The number of amides is 1. The third-order valence-electron chi connectivity index (χ3n) is 4.96. The van der Waals surface area contributed by atoms with Gasteiger partial charge in [-0.15, -0.1) is 24.5 Å². The SMILES string of the molecule is C=CCN(CC=C)S(=O)(=O)c1ccc(C(=O)Nc2nc3c(s2)Cc2ccccc2-3)cc1. The predicted octanol–water partition coefficient (Wildman–Crippen LogP) is 4.33. The van der Waals surface area contributed by atoms with Crippen LogP contribution in [0.1, 0.15) is 20.8 Å². The number of nitrogens with one attached hydrogen (secondary N) is 1. The van der Waals surface area contributed by atoms with Crippen LogP contribution >= 0.6 is 11.3 Å². The second kappa shape index (κ2) is 8.58. The van der Waals surface area contributed by atoms with Crippen molar-refractivity contribution >= 4 is 32.4 Å². The molecule has 0 bridgehead atoms. The van der Waals surface area contributed by atoms with Crippen LogP contribution in [0.25, 0.3) is 11.3 Å². The maximum Gasteiger partial charge on any atom is 0.257 e. The first kappa shape index (κ1) is 21.2. The number of hydrogen-bond donors (Lipinski definition) is 1. The first-order valence-corrected chi connectivity index (χ1v) is 11.9. The third kappa shape index (κ3) is 4.10. The van der Waals surface area contributed by atoms with Crippen molar-refractivity contribution in [2.24, 2.45) is 0 Å². The van der Waals surface area contributed by atoms with Crippen molar-refractivity contribution in [3.8, 4) is 11.3 Å². The molecule has 1 aliphatic carbocycles. The molecule has 8 heteroatoms. The standard InChI is InChI=1S/C23H21N3O3S2/c1-3-13-26(14-4-2)31(28,29)18-11-9-16(10-12-18)22(27)25-23-24-21-19-8-6-5-7-17(19)15-20(21)30-23/h3-12H,1-2,13-15H2,(H,24,25,27). The number of hydrogen-bond acceptors (Lipinski definition) is 5. The van der Waals surface area contributed by atoms with Crippen molar-refractivity contribution < 1.29 is 13.2 Å². The van der Waals surface area contributed by atoms with Crippen molar-refractivity contribution in [3.63, 3.8) is 0 Å². The Hall–Kier alpha value is -3.07. The van der Waals surface area contributed by atoms with Gasteiger partial charge in [0.1, 0.15) is 0 Å². The van der Waals surface area contributed by atoms with Crippen LogP contribution in [0.15, 0.2) is 78.7 Å². The third-order valence-corrected chi connectivity index (χ3v) is 7.78. The summed E-state index contributed by atoms with van der Waals surface area (Å²) in [6.45, 7) is 7.55. The van der Waals surface area contributed by atoms with Gasteiger partial charge in [0.15, 0.2) is 5.13 Å². The topological polar surface area (TPSA) is 79.4 Å². The van der Waals surface area contributed by atoms with Gasteiger partial charge in [-0.25, -0.2) is 13.4 Å². The smallest absolute Gasteiger partial charge is 0.257 e. The highest BCUT2D eigenvalue weighted by molar-refractivity contribution is 7.89. The Labute approximate surface area is 185 Å². The Morgan fingerprint density at radius 3 is 2.45 bits per heavy atom. The number of thiazole rings is 1. The number of fused-ring (bicyclic) bond motifs is 3. The van der Waals surface area contributed by atoms with Gasteiger partial charge in [0, 0.05) is 35.5 Å². The average molecular weight is 452 g/mol. The van der Waals surface area contributed by atoms with Crippen LogP contribution in [0.4, 0.5) is 5.13 Å². The van der Waals surface area contributed by atoms with Gasteiger partial charge in [-0.1, -0.05) is 36.4 Å². The quantitative estimate of drug-likeness (QED) is 0.405. The van der Waals surface area contributed by atoms with E-state index in [1.165, 1.54) is 57.6 Å². The number of anilines is 1. The fraction of sp³-hybridized carbons (Fsp3) is 0.130. The van der Waals surface area contributed by atoms with Gasteiger partial charge in [-0.2, -0.15) is 4.31 Å². The van der Waals surface area contributed by atoms with E-state index in [-0.39, 0.29) is 23.9 Å². The molecule has 0 atom stereocenters. The summed E-state index contributed by atoms with van der Waals surface area (Å²) in [5, 5.41) is 3.35. The summed E-state index contributed by atoms with van der Waals surface area (Å²) in [4.78, 5) is 18.5. The molecule has 0 fully saturated rings. The zero-order valence-corrected chi connectivity index (χ0v) is 18.4. The van der Waals surface area contributed by atoms with Gasteiger partial charge in [0.2, 0.25) is 10.0 Å². The van der Waals surface area contributed by atoms with Crippen LogP contribution < -0.4 is 5.32 Å². The van der Waals surface area contributed by atoms with Crippen molar-refractivity contribution in [3.05, 3.63) is 89.8 Å². The van der Waals surface area contributed by atoms with E-state index >= 15 is 0 Å². The van der Waals surface area contributed by atoms with Crippen LogP contribution in [-0.4, -0.2) is 36.7 Å². The van der Waals surface area contributed by atoms with E-state index in [1.54, 1.807) is 0 Å². The molecular weight excluding hydrogens is 430 g/mol. The number of aromatic nitrogens is 1. The van der Waals surface area contributed by atoms with Crippen LogP contribution in [0.3, 0.4) is 0 Å². The molecule has 0 radical (unpaired) electrons. The molecule has 0 unspecified atom stereocenters. The van der Waals surface area contributed by atoms with Gasteiger partial charge in [0.25, 0.3) is 5.91 Å². The van der Waals surface area contributed by atoms with E-state index in [0.29, 0.717) is 10.7 Å². The number of benzene rings is 2. The summed E-state index contributed by atoms with van der Waals surface area (Å²) in [7, 11) is -3.70. The lowest BCUT2D eigenvalue weighted by atomic mass is 10.1. The maximum atomic E-state index is 12.8. The fourth-order valence-corrected chi connectivity index (χ4v) is 5.84. The van der Waals surface area contributed by atoms with Crippen LogP contribution in [0.5, 0.6) is 0 Å². The number of rotatable bonds is 8. The van der Waals surface area contributed by atoms with Gasteiger partial charge in [0.05, 0.1) is 10.6 Å². The van der Waals surface area contributed by atoms with Crippen LogP contribution in [0.2, 0.25) is 0 Å². The highest BCUT2D eigenvalue weighted by Gasteiger charge is 2.25. The molecule has 2 aromatic carbocycles. The monoisotopic (exact) mass is 451 g/mol. The lowest BCUT2D eigenvalue weighted by Gasteiger charge is -2.19. The molecule has 0 saturated heterocycles. The zero-order chi connectivity index (χ0) is 22.0. The first-order valence-electron chi connectivity index (χ1n) is 9.65. The van der Waals surface area contributed by atoms with E-state index < -0.39 is 10.0 Å². The normalized spacial score (nSPS) is 12.3. The Morgan fingerprint density at radius 1 is 1.10 bits per heavy atom. The van der Waals surface area contributed by atoms with E-state index in [4.69, 9.17) is 0 Å². The number of carbonyl (C=O) groups excluding carboxylic acids is 1. The Kier molecular flexibility index (Phi) is 5.86. The molecule has 3 aromatic rings. The predicted molar refractivity (Wildman–Crippen MR) is 124 cm³/mol. The molecule has 0 aliphatic heterocycles. The molecule has 1 N–H and O–H groups in total. The molecule has 1 heterocycles. The van der Waals surface area contributed by atoms with Gasteiger partial charge in [-0.3, -0.25) is 10.1 Å². The molecular formula is C23H21N3O3S2. The number of carbonyl (C=O) groups is 1. The summed E-state index contributed by atoms with van der Waals surface area (Å²) in [5.41, 5.74) is 3.62.